The van der Waals surface area contributed by atoms with Crippen molar-refractivity contribution in [3.8, 4) is 0 Å². The number of rotatable bonds is 14. The molecule has 3 fully saturated rings. The molecule has 0 saturated carbocycles. The first-order valence-electron chi connectivity index (χ1n) is 15.4. The molecular formula is C35H42BrN3O4S. The number of alkyl halides is 1. The third-order valence-electron chi connectivity index (χ3n) is 9.20. The van der Waals surface area contributed by atoms with Crippen LogP contribution in [0.2, 0.25) is 0 Å². The number of carbonyl (C=O) groups excluding carboxylic acids is 3. The number of amides is 3. The molecule has 2 aromatic carbocycles. The van der Waals surface area contributed by atoms with Crippen LogP contribution >= 0.6 is 27.7 Å². The van der Waals surface area contributed by atoms with Crippen molar-refractivity contribution in [3.05, 3.63) is 97.1 Å². The second-order valence-corrected chi connectivity index (χ2v) is 14.7. The predicted molar refractivity (Wildman–Crippen MR) is 179 cm³/mol. The molecule has 1 spiro atoms. The van der Waals surface area contributed by atoms with Crippen molar-refractivity contribution in [1.82, 2.24) is 14.7 Å². The quantitative estimate of drug-likeness (QED) is 0.232. The van der Waals surface area contributed by atoms with Crippen LogP contribution in [0.1, 0.15) is 30.9 Å². The largest absolute Gasteiger partial charge is 0.394 e. The molecule has 3 unspecified atom stereocenters. The van der Waals surface area contributed by atoms with Crippen LogP contribution in [0.3, 0.4) is 0 Å². The maximum atomic E-state index is 14.9. The minimum absolute atomic E-state index is 0.0309. The lowest BCUT2D eigenvalue weighted by Gasteiger charge is -2.40. The molecule has 7 atom stereocenters. The Bertz CT molecular complexity index is 1360. The van der Waals surface area contributed by atoms with Crippen LogP contribution in [0.25, 0.3) is 0 Å². The number of carbonyl (C=O) groups is 3. The number of aliphatic hydroxyl groups excluding tert-OH is 1. The Balaban J connectivity index is 1.59. The first-order valence-corrected chi connectivity index (χ1v) is 17.2. The molecule has 7 nitrogen and oxygen atoms in total. The lowest BCUT2D eigenvalue weighted by molar-refractivity contribution is -0.147. The van der Waals surface area contributed by atoms with E-state index in [9.17, 15) is 19.5 Å². The lowest BCUT2D eigenvalue weighted by Crippen LogP contribution is -2.58. The van der Waals surface area contributed by atoms with Gasteiger partial charge in [0.2, 0.25) is 17.7 Å². The smallest absolute Gasteiger partial charge is 0.247 e. The van der Waals surface area contributed by atoms with Gasteiger partial charge >= 0.3 is 0 Å². The molecular weight excluding hydrogens is 638 g/mol. The van der Waals surface area contributed by atoms with E-state index < -0.39 is 28.7 Å². The molecule has 2 bridgehead atoms. The summed E-state index contributed by atoms with van der Waals surface area (Å²) in [5.41, 5.74) is 1.94. The first-order chi connectivity index (χ1) is 21.3. The molecule has 2 aromatic rings. The fraction of sp³-hybridized carbons (Fsp3) is 0.457. The maximum Gasteiger partial charge on any atom is 0.247 e. The monoisotopic (exact) mass is 679 g/mol. The van der Waals surface area contributed by atoms with E-state index in [1.165, 1.54) is 0 Å². The topological polar surface area (TPSA) is 81.2 Å². The Labute approximate surface area is 273 Å². The van der Waals surface area contributed by atoms with E-state index in [2.05, 4.69) is 29.1 Å². The van der Waals surface area contributed by atoms with Crippen molar-refractivity contribution in [3.63, 3.8) is 0 Å². The van der Waals surface area contributed by atoms with E-state index in [1.54, 1.807) is 38.6 Å². The number of benzene rings is 2. The van der Waals surface area contributed by atoms with Crippen molar-refractivity contribution in [2.24, 2.45) is 11.8 Å². The fourth-order valence-corrected chi connectivity index (χ4v) is 11.0. The normalized spacial score (nSPS) is 27.6. The van der Waals surface area contributed by atoms with Gasteiger partial charge in [-0.15, -0.1) is 24.9 Å². The Morgan fingerprint density at radius 1 is 1.05 bits per heavy atom. The third-order valence-corrected chi connectivity index (χ3v) is 12.4. The molecule has 3 heterocycles. The summed E-state index contributed by atoms with van der Waals surface area (Å²) in [6.45, 7) is 11.2. The second-order valence-electron chi connectivity index (χ2n) is 12.0. The molecule has 5 rings (SSSR count). The molecule has 3 saturated heterocycles. The molecule has 3 amide bonds. The average Bonchev–Trinajstić information content (AvgIpc) is 3.63. The highest BCUT2D eigenvalue weighted by Crippen LogP contribution is 2.68. The van der Waals surface area contributed by atoms with Crippen LogP contribution in [0.5, 0.6) is 0 Å². The maximum absolute atomic E-state index is 14.9. The minimum atomic E-state index is -0.837. The van der Waals surface area contributed by atoms with Gasteiger partial charge in [-0.05, 0) is 30.4 Å². The fourth-order valence-electron chi connectivity index (χ4n) is 7.45. The molecule has 0 aromatic heterocycles. The third kappa shape index (κ3) is 5.90. The highest BCUT2D eigenvalue weighted by Gasteiger charge is 2.76. The van der Waals surface area contributed by atoms with Crippen molar-refractivity contribution < 1.29 is 19.5 Å². The Morgan fingerprint density at radius 3 is 2.25 bits per heavy atom. The van der Waals surface area contributed by atoms with Crippen molar-refractivity contribution in [2.45, 2.75) is 59.6 Å². The van der Waals surface area contributed by atoms with Gasteiger partial charge in [0.1, 0.15) is 6.04 Å². The number of hydrogen-bond donors (Lipinski definition) is 1. The van der Waals surface area contributed by atoms with Crippen molar-refractivity contribution in [1.29, 1.82) is 0 Å². The SMILES string of the molecule is C=CCN(Cc1ccccc1)C(=O)C1N([C@@H](CO)Cc2ccccc2)C(=O)[C@@H]2[C@H](C(=O)N(CC=C)CCC)[C@H]3SC12CC3Br. The predicted octanol–water partition coefficient (Wildman–Crippen LogP) is 4.69. The second kappa shape index (κ2) is 14.0. The van der Waals surface area contributed by atoms with Gasteiger partial charge in [0.05, 0.1) is 29.2 Å². The molecule has 1 N–H and O–H groups in total. The van der Waals surface area contributed by atoms with Gasteiger partial charge in [-0.2, -0.15) is 0 Å². The van der Waals surface area contributed by atoms with E-state index in [0.717, 1.165) is 17.5 Å². The molecule has 234 valence electrons. The molecule has 3 aliphatic rings. The summed E-state index contributed by atoms with van der Waals surface area (Å²) in [5.74, 6) is -1.68. The Kier molecular flexibility index (Phi) is 10.4. The Morgan fingerprint density at radius 2 is 1.66 bits per heavy atom. The number of likely N-dealkylation sites (tertiary alicyclic amines) is 1. The van der Waals surface area contributed by atoms with E-state index >= 15 is 0 Å². The molecule has 3 aliphatic heterocycles. The zero-order valence-electron chi connectivity index (χ0n) is 25.3. The number of halogens is 1. The first kappa shape index (κ1) is 32.5. The molecule has 9 heteroatoms. The number of aliphatic hydroxyl groups is 1. The molecule has 0 radical (unpaired) electrons. The highest BCUT2D eigenvalue weighted by atomic mass is 79.9. The molecule has 0 aliphatic carbocycles. The van der Waals surface area contributed by atoms with Gasteiger partial charge in [0.25, 0.3) is 0 Å². The van der Waals surface area contributed by atoms with Gasteiger partial charge in [-0.3, -0.25) is 14.4 Å². The van der Waals surface area contributed by atoms with Crippen LogP contribution in [-0.2, 0) is 27.3 Å². The summed E-state index contributed by atoms with van der Waals surface area (Å²) in [6, 6.07) is 18.1. The number of hydrogen-bond acceptors (Lipinski definition) is 5. The highest BCUT2D eigenvalue weighted by molar-refractivity contribution is 9.09. The lowest BCUT2D eigenvalue weighted by atomic mass is 9.70. The zero-order chi connectivity index (χ0) is 31.4. The summed E-state index contributed by atoms with van der Waals surface area (Å²) in [4.78, 5) is 49.1. The summed E-state index contributed by atoms with van der Waals surface area (Å²) in [5, 5.41) is 10.7. The van der Waals surface area contributed by atoms with Gasteiger partial charge in [-0.25, -0.2) is 0 Å². The average molecular weight is 681 g/mol. The van der Waals surface area contributed by atoms with E-state index in [1.807, 2.05) is 67.6 Å². The van der Waals surface area contributed by atoms with Crippen LogP contribution in [0, 0.1) is 11.8 Å². The van der Waals surface area contributed by atoms with Crippen LogP contribution in [-0.4, -0.2) is 90.7 Å². The number of thioether (sulfide) groups is 1. The van der Waals surface area contributed by atoms with Gasteiger partial charge in [0, 0.05) is 36.3 Å². The van der Waals surface area contributed by atoms with Crippen LogP contribution < -0.4 is 0 Å². The van der Waals surface area contributed by atoms with Gasteiger partial charge in [0.15, 0.2) is 0 Å². The van der Waals surface area contributed by atoms with Gasteiger partial charge < -0.3 is 19.8 Å². The summed E-state index contributed by atoms with van der Waals surface area (Å²) >= 11 is 5.51. The summed E-state index contributed by atoms with van der Waals surface area (Å²) in [7, 11) is 0. The zero-order valence-corrected chi connectivity index (χ0v) is 27.7. The molecule has 44 heavy (non-hydrogen) atoms. The van der Waals surface area contributed by atoms with E-state index in [0.29, 0.717) is 39.0 Å². The van der Waals surface area contributed by atoms with E-state index in [-0.39, 0.29) is 34.4 Å². The van der Waals surface area contributed by atoms with Crippen molar-refractivity contribution in [2.75, 3.05) is 26.2 Å². The number of fused-ring (bicyclic) bond motifs is 1. The summed E-state index contributed by atoms with van der Waals surface area (Å²) in [6.07, 6.45) is 5.21. The standard InChI is InChI=1S/C35H42BrN3O4S/c1-4-17-37(18-5-2)32(41)28-29-33(42)39(26(23-40)20-24-13-9-7-10-14-24)31(35(29)21-27(36)30(28)44-35)34(43)38(19-6-3)22-25-15-11-8-12-16-25/h4,6-16,26-31,40H,1,3,5,17-23H2,2H3/t26-,27?,28+,29+,30+,31?,35?/m1/s1. The van der Waals surface area contributed by atoms with Crippen molar-refractivity contribution >= 4 is 45.4 Å². The van der Waals surface area contributed by atoms with Crippen LogP contribution in [0.4, 0.5) is 0 Å². The Hall–Kier alpha value is -2.88. The van der Waals surface area contributed by atoms with Gasteiger partial charge in [-0.1, -0.05) is 95.7 Å². The summed E-state index contributed by atoms with van der Waals surface area (Å²) < 4.78 is -0.806. The minimum Gasteiger partial charge on any atom is -0.394 e. The number of nitrogens with zero attached hydrogens (tertiary/aromatic N) is 3. The van der Waals surface area contributed by atoms with E-state index in [4.69, 9.17) is 0 Å². The van der Waals surface area contributed by atoms with Crippen LogP contribution in [0.15, 0.2) is 86.0 Å².